The molecule has 1 unspecified atom stereocenters. The number of pyridine rings is 1. The molecule has 0 bridgehead atoms. The molecule has 0 aromatic carbocycles. The molecule has 3 rings (SSSR count). The highest BCUT2D eigenvalue weighted by Gasteiger charge is 2.16. The lowest BCUT2D eigenvalue weighted by Crippen LogP contribution is -2.11. The molecule has 1 N–H and O–H groups in total. The van der Waals surface area contributed by atoms with Gasteiger partial charge in [-0.1, -0.05) is 6.92 Å². The Bertz CT molecular complexity index is 558. The van der Waals surface area contributed by atoms with Gasteiger partial charge in [0, 0.05) is 37.5 Å². The van der Waals surface area contributed by atoms with Crippen LogP contribution in [0.5, 0.6) is 0 Å². The van der Waals surface area contributed by atoms with E-state index < -0.39 is 0 Å². The van der Waals surface area contributed by atoms with Crippen molar-refractivity contribution in [2.24, 2.45) is 0 Å². The van der Waals surface area contributed by atoms with Crippen molar-refractivity contribution in [1.29, 1.82) is 0 Å². The number of nitrogens with zero attached hydrogens (tertiary/aromatic N) is 2. The second-order valence-corrected chi connectivity index (χ2v) is 5.43. The smallest absolute Gasteiger partial charge is 0.140 e. The minimum atomic E-state index is 0.438. The van der Waals surface area contributed by atoms with Crippen LogP contribution in [0.25, 0.3) is 11.0 Å². The van der Waals surface area contributed by atoms with Gasteiger partial charge in [0.1, 0.15) is 5.65 Å². The van der Waals surface area contributed by atoms with Gasteiger partial charge in [-0.3, -0.25) is 0 Å². The van der Waals surface area contributed by atoms with Crippen LogP contribution in [-0.4, -0.2) is 28.8 Å². The molecule has 0 amide bonds. The maximum Gasteiger partial charge on any atom is 0.140 e. The maximum atomic E-state index is 5.71. The fourth-order valence-electron chi connectivity index (χ4n) is 2.92. The number of hydrogen-bond acceptors (Lipinski definition) is 3. The number of rotatable bonds is 6. The fourth-order valence-corrected chi connectivity index (χ4v) is 2.92. The van der Waals surface area contributed by atoms with Gasteiger partial charge in [-0.15, -0.1) is 0 Å². The number of hydrogen-bond donors (Lipinski definition) is 1. The van der Waals surface area contributed by atoms with Gasteiger partial charge in [0.25, 0.3) is 0 Å². The first-order valence-electron chi connectivity index (χ1n) is 7.63. The molecule has 2 aromatic heterocycles. The van der Waals surface area contributed by atoms with Crippen molar-refractivity contribution in [2.75, 3.05) is 13.2 Å². The van der Waals surface area contributed by atoms with Gasteiger partial charge < -0.3 is 14.6 Å². The van der Waals surface area contributed by atoms with Crippen LogP contribution in [0.3, 0.4) is 0 Å². The van der Waals surface area contributed by atoms with E-state index >= 15 is 0 Å². The average Bonchev–Trinajstić information content (AvgIpc) is 3.11. The topological polar surface area (TPSA) is 39.1 Å². The third kappa shape index (κ3) is 2.86. The predicted molar refractivity (Wildman–Crippen MR) is 80.7 cm³/mol. The molecule has 0 radical (unpaired) electrons. The first-order chi connectivity index (χ1) is 9.88. The average molecular weight is 273 g/mol. The van der Waals surface area contributed by atoms with Crippen LogP contribution in [0.2, 0.25) is 0 Å². The highest BCUT2D eigenvalue weighted by molar-refractivity contribution is 5.80. The summed E-state index contributed by atoms with van der Waals surface area (Å²) in [5.74, 6) is 0. The third-order valence-electron chi connectivity index (χ3n) is 4.00. The molecule has 1 aliphatic rings. The Morgan fingerprint density at radius 1 is 1.50 bits per heavy atom. The van der Waals surface area contributed by atoms with E-state index in [0.717, 1.165) is 38.3 Å². The van der Waals surface area contributed by atoms with Crippen molar-refractivity contribution in [3.63, 3.8) is 0 Å². The van der Waals surface area contributed by atoms with Crippen molar-refractivity contribution >= 4 is 11.0 Å². The van der Waals surface area contributed by atoms with Crippen molar-refractivity contribution < 1.29 is 4.74 Å². The van der Waals surface area contributed by atoms with Gasteiger partial charge in [-0.2, -0.15) is 0 Å². The molecule has 4 nitrogen and oxygen atoms in total. The number of nitrogens with one attached hydrogen (secondary N) is 1. The van der Waals surface area contributed by atoms with Gasteiger partial charge >= 0.3 is 0 Å². The first kappa shape index (κ1) is 13.6. The molecule has 3 heterocycles. The molecule has 20 heavy (non-hydrogen) atoms. The molecule has 0 spiro atoms. The molecule has 108 valence electrons. The summed E-state index contributed by atoms with van der Waals surface area (Å²) in [6.07, 6.45) is 8.06. The second kappa shape index (κ2) is 6.37. The lowest BCUT2D eigenvalue weighted by Gasteiger charge is -2.10. The zero-order valence-electron chi connectivity index (χ0n) is 12.1. The van der Waals surface area contributed by atoms with Gasteiger partial charge in [-0.25, -0.2) is 4.98 Å². The number of aryl methyl sites for hydroxylation is 1. The van der Waals surface area contributed by atoms with E-state index in [4.69, 9.17) is 4.74 Å². The van der Waals surface area contributed by atoms with Gasteiger partial charge in [-0.05, 0) is 43.5 Å². The fraction of sp³-hybridized carbons (Fsp3) is 0.562. The summed E-state index contributed by atoms with van der Waals surface area (Å²) in [6.45, 7) is 5.95. The normalized spacial score (nSPS) is 18.9. The van der Waals surface area contributed by atoms with Crippen LogP contribution in [0.15, 0.2) is 24.5 Å². The van der Waals surface area contributed by atoms with Crippen molar-refractivity contribution in [3.8, 4) is 0 Å². The molecular formula is C16H23N3O. The van der Waals surface area contributed by atoms with E-state index in [-0.39, 0.29) is 0 Å². The molecular weight excluding hydrogens is 250 g/mol. The monoisotopic (exact) mass is 273 g/mol. The van der Waals surface area contributed by atoms with E-state index in [0.29, 0.717) is 6.10 Å². The number of ether oxygens (including phenoxy) is 1. The second-order valence-electron chi connectivity index (χ2n) is 5.43. The largest absolute Gasteiger partial charge is 0.378 e. The molecule has 1 saturated heterocycles. The Morgan fingerprint density at radius 2 is 2.45 bits per heavy atom. The highest BCUT2D eigenvalue weighted by Crippen LogP contribution is 2.22. The summed E-state index contributed by atoms with van der Waals surface area (Å²) in [5.41, 5.74) is 2.43. The summed E-state index contributed by atoms with van der Waals surface area (Å²) in [6, 6.07) is 4.18. The van der Waals surface area contributed by atoms with Crippen LogP contribution in [0, 0.1) is 0 Å². The first-order valence-corrected chi connectivity index (χ1v) is 7.63. The van der Waals surface area contributed by atoms with Crippen LogP contribution in [-0.2, 0) is 17.8 Å². The molecule has 1 atom stereocenters. The SMILES string of the molecule is CCNCc1cn(CCC2CCCO2)c2ncccc12. The Morgan fingerprint density at radius 3 is 3.25 bits per heavy atom. The summed E-state index contributed by atoms with van der Waals surface area (Å²) in [4.78, 5) is 4.55. The van der Waals surface area contributed by atoms with Gasteiger partial charge in [0.05, 0.1) is 6.10 Å². The highest BCUT2D eigenvalue weighted by atomic mass is 16.5. The quantitative estimate of drug-likeness (QED) is 0.879. The number of fused-ring (bicyclic) bond motifs is 1. The standard InChI is InChI=1S/C16H23N3O/c1-2-17-11-13-12-19(9-7-14-5-4-10-20-14)16-15(13)6-3-8-18-16/h3,6,8,12,14,17H,2,4-5,7,9-11H2,1H3. The summed E-state index contributed by atoms with van der Waals surface area (Å²) in [7, 11) is 0. The zero-order chi connectivity index (χ0) is 13.8. The van der Waals surface area contributed by atoms with Crippen LogP contribution < -0.4 is 5.32 Å². The molecule has 2 aromatic rings. The van der Waals surface area contributed by atoms with E-state index in [1.54, 1.807) is 0 Å². The Balaban J connectivity index is 1.78. The zero-order valence-corrected chi connectivity index (χ0v) is 12.1. The van der Waals surface area contributed by atoms with Crippen molar-refractivity contribution in [2.45, 2.75) is 45.4 Å². The number of aromatic nitrogens is 2. The van der Waals surface area contributed by atoms with Gasteiger partial charge in [0.2, 0.25) is 0 Å². The minimum Gasteiger partial charge on any atom is -0.378 e. The van der Waals surface area contributed by atoms with E-state index in [2.05, 4.69) is 34.1 Å². The van der Waals surface area contributed by atoms with Crippen LogP contribution in [0.1, 0.15) is 31.7 Å². The molecule has 1 fully saturated rings. The molecule has 0 saturated carbocycles. The summed E-state index contributed by atoms with van der Waals surface area (Å²) < 4.78 is 7.99. The Kier molecular flexibility index (Phi) is 4.33. The molecule has 1 aliphatic heterocycles. The molecule has 0 aliphatic carbocycles. The van der Waals surface area contributed by atoms with E-state index in [1.807, 2.05) is 12.3 Å². The van der Waals surface area contributed by atoms with Crippen LogP contribution >= 0.6 is 0 Å². The van der Waals surface area contributed by atoms with E-state index in [1.165, 1.54) is 23.8 Å². The molecule has 4 heteroatoms. The minimum absolute atomic E-state index is 0.438. The summed E-state index contributed by atoms with van der Waals surface area (Å²) >= 11 is 0. The Hall–Kier alpha value is -1.39. The van der Waals surface area contributed by atoms with E-state index in [9.17, 15) is 0 Å². The Labute approximate surface area is 120 Å². The van der Waals surface area contributed by atoms with Crippen LogP contribution in [0.4, 0.5) is 0 Å². The maximum absolute atomic E-state index is 5.71. The van der Waals surface area contributed by atoms with Gasteiger partial charge in [0.15, 0.2) is 0 Å². The lowest BCUT2D eigenvalue weighted by molar-refractivity contribution is 0.101. The van der Waals surface area contributed by atoms with Crippen molar-refractivity contribution in [3.05, 3.63) is 30.1 Å². The third-order valence-corrected chi connectivity index (χ3v) is 4.00. The predicted octanol–water partition coefficient (Wildman–Crippen LogP) is 2.71. The lowest BCUT2D eigenvalue weighted by atomic mass is 10.2. The van der Waals surface area contributed by atoms with Crippen molar-refractivity contribution in [1.82, 2.24) is 14.9 Å². The summed E-state index contributed by atoms with van der Waals surface area (Å²) in [5, 5.41) is 4.67.